The quantitative estimate of drug-likeness (QED) is 0.359. The van der Waals surface area contributed by atoms with Crippen LogP contribution in [0.15, 0.2) is 39.7 Å². The van der Waals surface area contributed by atoms with Gasteiger partial charge in [-0.1, -0.05) is 36.9 Å². The molecule has 1 aliphatic carbocycles. The molecule has 0 amide bonds. The first-order valence-electron chi connectivity index (χ1n) is 9.59. The van der Waals surface area contributed by atoms with Gasteiger partial charge in [-0.05, 0) is 69.5 Å². The maximum absolute atomic E-state index is 11.6. The van der Waals surface area contributed by atoms with Crippen molar-refractivity contribution in [1.82, 2.24) is 5.32 Å². The first-order chi connectivity index (χ1) is 13.0. The lowest BCUT2D eigenvalue weighted by molar-refractivity contribution is -0.124. The predicted octanol–water partition coefficient (Wildman–Crippen LogP) is 4.07. The number of rotatable bonds is 10. The fourth-order valence-corrected chi connectivity index (χ4v) is 4.09. The van der Waals surface area contributed by atoms with E-state index in [1.165, 1.54) is 16.7 Å². The van der Waals surface area contributed by atoms with Gasteiger partial charge in [0.25, 0.3) is 0 Å². The smallest absolute Gasteiger partial charge is 0.161 e. The van der Waals surface area contributed by atoms with Gasteiger partial charge >= 0.3 is 0 Å². The molecule has 0 heterocycles. The molecule has 0 aromatic heterocycles. The SMILES string of the molecule is CCNCCCOC(O)C1C=CC(Sc2ccc(C)c(C)c2C)=C(C=O)C1. The normalized spacial score (nSPS) is 18.0. The van der Waals surface area contributed by atoms with E-state index >= 15 is 0 Å². The second kappa shape index (κ2) is 10.8. The summed E-state index contributed by atoms with van der Waals surface area (Å²) in [5.74, 6) is -0.186. The number of aldehydes is 1. The number of carbonyl (C=O) groups is 1. The third-order valence-electron chi connectivity index (χ3n) is 5.04. The van der Waals surface area contributed by atoms with Gasteiger partial charge in [0.1, 0.15) is 6.29 Å². The molecule has 0 saturated carbocycles. The van der Waals surface area contributed by atoms with Crippen LogP contribution in [0.4, 0.5) is 0 Å². The fraction of sp³-hybridized carbons (Fsp3) is 0.500. The van der Waals surface area contributed by atoms with Crippen LogP contribution in [0, 0.1) is 26.7 Å². The minimum atomic E-state index is -0.882. The molecule has 2 unspecified atom stereocenters. The molecule has 2 rings (SSSR count). The van der Waals surface area contributed by atoms with Crippen molar-refractivity contribution in [2.75, 3.05) is 19.7 Å². The van der Waals surface area contributed by atoms with Crippen LogP contribution in [0.2, 0.25) is 0 Å². The number of allylic oxidation sites excluding steroid dienone is 2. The minimum Gasteiger partial charge on any atom is -0.367 e. The first kappa shape index (κ1) is 21.9. The zero-order chi connectivity index (χ0) is 19.8. The summed E-state index contributed by atoms with van der Waals surface area (Å²) in [6.07, 6.45) is 5.29. The van der Waals surface area contributed by atoms with Crippen molar-refractivity contribution in [3.63, 3.8) is 0 Å². The highest BCUT2D eigenvalue weighted by molar-refractivity contribution is 8.03. The topological polar surface area (TPSA) is 58.6 Å². The molecule has 0 bridgehead atoms. The lowest BCUT2D eigenvalue weighted by Crippen LogP contribution is -2.26. The van der Waals surface area contributed by atoms with E-state index < -0.39 is 6.29 Å². The molecule has 1 aliphatic rings. The van der Waals surface area contributed by atoms with E-state index in [-0.39, 0.29) is 5.92 Å². The molecular formula is C22H31NO3S. The molecule has 1 aromatic carbocycles. The molecule has 2 atom stereocenters. The number of aliphatic hydroxyl groups is 1. The Morgan fingerprint density at radius 3 is 2.81 bits per heavy atom. The highest BCUT2D eigenvalue weighted by atomic mass is 32.2. The van der Waals surface area contributed by atoms with Gasteiger partial charge < -0.3 is 15.2 Å². The summed E-state index contributed by atoms with van der Waals surface area (Å²) in [6, 6.07) is 4.23. The van der Waals surface area contributed by atoms with Crippen molar-refractivity contribution in [2.24, 2.45) is 5.92 Å². The number of nitrogens with one attached hydrogen (secondary N) is 1. The highest BCUT2D eigenvalue weighted by Crippen LogP contribution is 2.38. The summed E-state index contributed by atoms with van der Waals surface area (Å²) in [5.41, 5.74) is 4.53. The predicted molar refractivity (Wildman–Crippen MR) is 112 cm³/mol. The molecule has 0 saturated heterocycles. The Kier molecular flexibility index (Phi) is 8.77. The van der Waals surface area contributed by atoms with E-state index in [1.807, 2.05) is 12.2 Å². The number of carbonyl (C=O) groups excluding carboxylic acids is 1. The summed E-state index contributed by atoms with van der Waals surface area (Å²) in [7, 11) is 0. The van der Waals surface area contributed by atoms with Crippen molar-refractivity contribution < 1.29 is 14.6 Å². The third-order valence-corrected chi connectivity index (χ3v) is 6.32. The van der Waals surface area contributed by atoms with Gasteiger partial charge in [0, 0.05) is 21.3 Å². The van der Waals surface area contributed by atoms with Gasteiger partial charge in [0.15, 0.2) is 6.29 Å². The van der Waals surface area contributed by atoms with E-state index in [4.69, 9.17) is 4.74 Å². The molecule has 0 fully saturated rings. The molecule has 5 heteroatoms. The maximum Gasteiger partial charge on any atom is 0.161 e. The summed E-state index contributed by atoms with van der Waals surface area (Å²) in [4.78, 5) is 13.7. The number of aryl methyl sites for hydroxylation is 1. The zero-order valence-corrected chi connectivity index (χ0v) is 17.6. The van der Waals surface area contributed by atoms with Crippen molar-refractivity contribution in [2.45, 2.75) is 51.7 Å². The average Bonchev–Trinajstić information content (AvgIpc) is 2.68. The third kappa shape index (κ3) is 6.04. The Balaban J connectivity index is 1.99. The molecule has 4 nitrogen and oxygen atoms in total. The number of hydrogen-bond acceptors (Lipinski definition) is 5. The number of thioether (sulfide) groups is 1. The van der Waals surface area contributed by atoms with E-state index in [0.29, 0.717) is 13.0 Å². The van der Waals surface area contributed by atoms with Crippen LogP contribution in [0.1, 0.15) is 36.5 Å². The number of benzene rings is 1. The fourth-order valence-electron chi connectivity index (χ4n) is 3.00. The number of ether oxygens (including phenoxy) is 1. The van der Waals surface area contributed by atoms with Crippen molar-refractivity contribution >= 4 is 18.0 Å². The first-order valence-corrected chi connectivity index (χ1v) is 10.4. The van der Waals surface area contributed by atoms with Crippen molar-refractivity contribution in [3.05, 3.63) is 51.5 Å². The Hall–Kier alpha value is -1.40. The largest absolute Gasteiger partial charge is 0.367 e. The minimum absolute atomic E-state index is 0.186. The summed E-state index contributed by atoms with van der Waals surface area (Å²) < 4.78 is 5.54. The van der Waals surface area contributed by atoms with Crippen molar-refractivity contribution in [3.8, 4) is 0 Å². The maximum atomic E-state index is 11.6. The molecule has 2 N–H and O–H groups in total. The van der Waals surface area contributed by atoms with Crippen LogP contribution in [0.25, 0.3) is 0 Å². The Morgan fingerprint density at radius 2 is 2.11 bits per heavy atom. The van der Waals surface area contributed by atoms with E-state index in [2.05, 4.69) is 45.1 Å². The van der Waals surface area contributed by atoms with Gasteiger partial charge in [0.05, 0.1) is 6.61 Å². The van der Waals surface area contributed by atoms with Gasteiger partial charge in [-0.25, -0.2) is 0 Å². The van der Waals surface area contributed by atoms with Gasteiger partial charge in [-0.15, -0.1) is 0 Å². The standard InChI is InChI=1S/C22H31NO3S/c1-5-23-11-6-12-26-22(25)18-8-10-21(19(13-18)14-24)27-20-9-7-15(2)16(3)17(20)4/h7-10,14,18,22-23,25H,5-6,11-13H2,1-4H3. The number of hydrogen-bond donors (Lipinski definition) is 2. The van der Waals surface area contributed by atoms with Crippen LogP contribution < -0.4 is 5.32 Å². The second-order valence-electron chi connectivity index (χ2n) is 6.94. The van der Waals surface area contributed by atoms with Crippen LogP contribution in [-0.4, -0.2) is 37.4 Å². The van der Waals surface area contributed by atoms with Gasteiger partial charge in [-0.2, -0.15) is 0 Å². The van der Waals surface area contributed by atoms with E-state index in [9.17, 15) is 9.90 Å². The molecule has 148 valence electrons. The Labute approximate surface area is 167 Å². The molecule has 0 spiro atoms. The van der Waals surface area contributed by atoms with E-state index in [1.54, 1.807) is 11.8 Å². The lowest BCUT2D eigenvalue weighted by atomic mass is 9.94. The van der Waals surface area contributed by atoms with Crippen LogP contribution in [-0.2, 0) is 9.53 Å². The molecule has 1 aromatic rings. The molecule has 0 radical (unpaired) electrons. The van der Waals surface area contributed by atoms with Crippen LogP contribution in [0.3, 0.4) is 0 Å². The molecule has 27 heavy (non-hydrogen) atoms. The van der Waals surface area contributed by atoms with Crippen molar-refractivity contribution in [1.29, 1.82) is 0 Å². The van der Waals surface area contributed by atoms with Gasteiger partial charge in [-0.3, -0.25) is 4.79 Å². The monoisotopic (exact) mass is 389 g/mol. The summed E-state index contributed by atoms with van der Waals surface area (Å²) in [5, 5.41) is 13.5. The average molecular weight is 390 g/mol. The summed E-state index contributed by atoms with van der Waals surface area (Å²) in [6.45, 7) is 10.7. The Morgan fingerprint density at radius 1 is 1.33 bits per heavy atom. The summed E-state index contributed by atoms with van der Waals surface area (Å²) >= 11 is 1.62. The zero-order valence-electron chi connectivity index (χ0n) is 16.7. The highest BCUT2D eigenvalue weighted by Gasteiger charge is 2.24. The Bertz CT molecular complexity index is 712. The van der Waals surface area contributed by atoms with Gasteiger partial charge in [0.2, 0.25) is 0 Å². The second-order valence-corrected chi connectivity index (χ2v) is 8.02. The lowest BCUT2D eigenvalue weighted by Gasteiger charge is -2.24. The number of aliphatic hydroxyl groups excluding tert-OH is 1. The van der Waals surface area contributed by atoms with E-state index in [0.717, 1.165) is 41.2 Å². The molecular weight excluding hydrogens is 358 g/mol. The molecule has 0 aliphatic heterocycles. The van der Waals surface area contributed by atoms with Crippen LogP contribution in [0.5, 0.6) is 0 Å². The van der Waals surface area contributed by atoms with Crippen LogP contribution >= 0.6 is 11.8 Å².